The molecule has 0 aliphatic carbocycles. The predicted octanol–water partition coefficient (Wildman–Crippen LogP) is 1.99. The summed E-state index contributed by atoms with van der Waals surface area (Å²) in [6.45, 7) is 1.91. The average Bonchev–Trinajstić information content (AvgIpc) is 2.54. The highest BCUT2D eigenvalue weighted by molar-refractivity contribution is 6.02. The van der Waals surface area contributed by atoms with Crippen LogP contribution < -0.4 is 11.1 Å². The van der Waals surface area contributed by atoms with Crippen LogP contribution >= 0.6 is 0 Å². The molecule has 0 saturated carbocycles. The molecule has 0 unspecified atom stereocenters. The third kappa shape index (κ3) is 8.08. The average molecular weight is 335 g/mol. The molecule has 0 aromatic heterocycles. The first-order valence-electron chi connectivity index (χ1n) is 8.52. The number of rotatable bonds is 12. The van der Waals surface area contributed by atoms with Crippen LogP contribution in [0.5, 0.6) is 0 Å². The second-order valence-electron chi connectivity index (χ2n) is 6.00. The Bertz CT molecular complexity index is 520. The number of aliphatic hydroxyl groups is 1. The Hall–Kier alpha value is -1.92. The van der Waals surface area contributed by atoms with Crippen LogP contribution in [0, 0.1) is 0 Å². The number of amides is 2. The Morgan fingerprint density at radius 2 is 1.75 bits per heavy atom. The number of benzene rings is 1. The van der Waals surface area contributed by atoms with Crippen molar-refractivity contribution in [3.05, 3.63) is 29.8 Å². The van der Waals surface area contributed by atoms with Gasteiger partial charge in [-0.3, -0.25) is 9.59 Å². The zero-order chi connectivity index (χ0) is 17.8. The number of nitrogens with one attached hydrogen (secondary N) is 1. The lowest BCUT2D eigenvalue weighted by Gasteiger charge is -2.14. The van der Waals surface area contributed by atoms with Crippen molar-refractivity contribution in [1.82, 2.24) is 4.90 Å². The quantitative estimate of drug-likeness (QED) is 0.509. The fourth-order valence-electron chi connectivity index (χ4n) is 2.50. The molecular weight excluding hydrogens is 306 g/mol. The number of hydrogen-bond acceptors (Lipinski definition) is 4. The number of carbonyl (C=O) groups excluding carboxylic acids is 2. The van der Waals surface area contributed by atoms with Gasteiger partial charge in [0.25, 0.3) is 5.91 Å². The Morgan fingerprint density at radius 1 is 1.08 bits per heavy atom. The van der Waals surface area contributed by atoms with Gasteiger partial charge < -0.3 is 21.1 Å². The monoisotopic (exact) mass is 335 g/mol. The highest BCUT2D eigenvalue weighted by Gasteiger charge is 2.09. The van der Waals surface area contributed by atoms with Crippen molar-refractivity contribution in [2.24, 2.45) is 5.73 Å². The number of aliphatic hydroxyl groups excluding tert-OH is 1. The maximum Gasteiger partial charge on any atom is 0.250 e. The van der Waals surface area contributed by atoms with E-state index in [0.717, 1.165) is 38.6 Å². The molecule has 0 spiro atoms. The SMILES string of the molecule is CN(CCO)CCCCCCCC(=O)Nc1ccccc1C(N)=O. The van der Waals surface area contributed by atoms with Crippen molar-refractivity contribution in [2.45, 2.75) is 38.5 Å². The summed E-state index contributed by atoms with van der Waals surface area (Å²) in [4.78, 5) is 25.4. The summed E-state index contributed by atoms with van der Waals surface area (Å²) >= 11 is 0. The van der Waals surface area contributed by atoms with Gasteiger partial charge in [0.1, 0.15) is 0 Å². The summed E-state index contributed by atoms with van der Waals surface area (Å²) in [6.07, 6.45) is 5.61. The normalized spacial score (nSPS) is 10.8. The molecule has 0 aliphatic rings. The number of para-hydroxylation sites is 1. The highest BCUT2D eigenvalue weighted by atomic mass is 16.3. The molecule has 0 bridgehead atoms. The maximum atomic E-state index is 11.9. The van der Waals surface area contributed by atoms with Gasteiger partial charge in [0.05, 0.1) is 17.9 Å². The van der Waals surface area contributed by atoms with E-state index in [9.17, 15) is 9.59 Å². The molecule has 0 atom stereocenters. The maximum absolute atomic E-state index is 11.9. The summed E-state index contributed by atoms with van der Waals surface area (Å²) < 4.78 is 0. The molecule has 0 heterocycles. The van der Waals surface area contributed by atoms with Crippen molar-refractivity contribution < 1.29 is 14.7 Å². The minimum atomic E-state index is -0.544. The van der Waals surface area contributed by atoms with Crippen molar-refractivity contribution in [2.75, 3.05) is 32.1 Å². The number of nitrogens with two attached hydrogens (primary N) is 1. The van der Waals surface area contributed by atoms with Crippen molar-refractivity contribution in [3.8, 4) is 0 Å². The molecule has 0 aliphatic heterocycles. The van der Waals surface area contributed by atoms with Crippen LogP contribution in [-0.2, 0) is 4.79 Å². The molecule has 2 amide bonds. The minimum Gasteiger partial charge on any atom is -0.395 e. The molecule has 0 saturated heterocycles. The van der Waals surface area contributed by atoms with E-state index in [0.29, 0.717) is 24.2 Å². The molecule has 6 nitrogen and oxygen atoms in total. The summed E-state index contributed by atoms with van der Waals surface area (Å²) in [5.74, 6) is -0.636. The van der Waals surface area contributed by atoms with Crippen molar-refractivity contribution in [1.29, 1.82) is 0 Å². The van der Waals surface area contributed by atoms with Gasteiger partial charge in [0, 0.05) is 13.0 Å². The molecular formula is C18H29N3O3. The fourth-order valence-corrected chi connectivity index (χ4v) is 2.50. The van der Waals surface area contributed by atoms with E-state index >= 15 is 0 Å². The minimum absolute atomic E-state index is 0.0913. The van der Waals surface area contributed by atoms with Crippen LogP contribution in [0.25, 0.3) is 0 Å². The summed E-state index contributed by atoms with van der Waals surface area (Å²) in [5, 5.41) is 11.6. The van der Waals surface area contributed by atoms with Crippen molar-refractivity contribution >= 4 is 17.5 Å². The third-order valence-electron chi connectivity index (χ3n) is 3.89. The predicted molar refractivity (Wildman–Crippen MR) is 95.9 cm³/mol. The molecule has 4 N–H and O–H groups in total. The zero-order valence-corrected chi connectivity index (χ0v) is 14.5. The lowest BCUT2D eigenvalue weighted by atomic mass is 10.1. The van der Waals surface area contributed by atoms with Crippen LogP contribution in [0.15, 0.2) is 24.3 Å². The lowest BCUT2D eigenvalue weighted by molar-refractivity contribution is -0.116. The Balaban J connectivity index is 2.16. The fraction of sp³-hybridized carbons (Fsp3) is 0.556. The van der Waals surface area contributed by atoms with Crippen LogP contribution in [0.2, 0.25) is 0 Å². The topological polar surface area (TPSA) is 95.7 Å². The van der Waals surface area contributed by atoms with E-state index in [4.69, 9.17) is 10.8 Å². The van der Waals surface area contributed by atoms with E-state index in [1.54, 1.807) is 24.3 Å². The standard InChI is InChI=1S/C18H29N3O3/c1-21(13-14-22)12-8-4-2-3-5-11-17(23)20-16-10-7-6-9-15(16)18(19)24/h6-7,9-10,22H,2-5,8,11-14H2,1H3,(H2,19,24)(H,20,23). The Kier molecular flexibility index (Phi) is 9.72. The van der Waals surface area contributed by atoms with Crippen LogP contribution in [-0.4, -0.2) is 48.6 Å². The van der Waals surface area contributed by atoms with Gasteiger partial charge in [-0.05, 0) is 38.6 Å². The molecule has 24 heavy (non-hydrogen) atoms. The molecule has 1 aromatic carbocycles. The second-order valence-corrected chi connectivity index (χ2v) is 6.00. The van der Waals surface area contributed by atoms with E-state index in [2.05, 4.69) is 10.2 Å². The molecule has 0 fully saturated rings. The van der Waals surface area contributed by atoms with Gasteiger partial charge in [-0.2, -0.15) is 0 Å². The first-order chi connectivity index (χ1) is 11.5. The Morgan fingerprint density at radius 3 is 2.46 bits per heavy atom. The number of hydrogen-bond donors (Lipinski definition) is 3. The van der Waals surface area contributed by atoms with Crippen LogP contribution in [0.1, 0.15) is 48.9 Å². The molecule has 0 radical (unpaired) electrons. The number of unbranched alkanes of at least 4 members (excludes halogenated alkanes) is 4. The van der Waals surface area contributed by atoms with Gasteiger partial charge in [0.15, 0.2) is 0 Å². The third-order valence-corrected chi connectivity index (χ3v) is 3.89. The van der Waals surface area contributed by atoms with E-state index in [1.807, 2.05) is 7.05 Å². The van der Waals surface area contributed by atoms with Gasteiger partial charge >= 0.3 is 0 Å². The second kappa shape index (κ2) is 11.6. The summed E-state index contributed by atoms with van der Waals surface area (Å²) in [7, 11) is 2.00. The van der Waals surface area contributed by atoms with Gasteiger partial charge in [-0.25, -0.2) is 0 Å². The van der Waals surface area contributed by atoms with Gasteiger partial charge in [-0.1, -0.05) is 31.4 Å². The van der Waals surface area contributed by atoms with Gasteiger partial charge in [0.2, 0.25) is 5.91 Å². The number of nitrogens with zero attached hydrogens (tertiary/aromatic N) is 1. The number of likely N-dealkylation sites (N-methyl/N-ethyl adjacent to an activating group) is 1. The largest absolute Gasteiger partial charge is 0.395 e. The number of carbonyl (C=O) groups is 2. The van der Waals surface area contributed by atoms with Gasteiger partial charge in [-0.15, -0.1) is 0 Å². The Labute approximate surface area is 144 Å². The number of anilines is 1. The molecule has 1 aromatic rings. The molecule has 1 rings (SSSR count). The van der Waals surface area contributed by atoms with E-state index in [-0.39, 0.29) is 12.5 Å². The van der Waals surface area contributed by atoms with Crippen molar-refractivity contribution in [3.63, 3.8) is 0 Å². The van der Waals surface area contributed by atoms with E-state index < -0.39 is 5.91 Å². The zero-order valence-electron chi connectivity index (χ0n) is 14.5. The molecule has 134 valence electrons. The summed E-state index contributed by atoms with van der Waals surface area (Å²) in [5.41, 5.74) is 6.10. The van der Waals surface area contributed by atoms with Crippen LogP contribution in [0.4, 0.5) is 5.69 Å². The lowest BCUT2D eigenvalue weighted by Crippen LogP contribution is -2.23. The van der Waals surface area contributed by atoms with E-state index in [1.165, 1.54) is 0 Å². The molecule has 6 heteroatoms. The highest BCUT2D eigenvalue weighted by Crippen LogP contribution is 2.15. The first kappa shape index (κ1) is 20.1. The number of primary amides is 1. The van der Waals surface area contributed by atoms with Crippen LogP contribution in [0.3, 0.4) is 0 Å². The summed E-state index contributed by atoms with van der Waals surface area (Å²) in [6, 6.07) is 6.76. The first-order valence-corrected chi connectivity index (χ1v) is 8.52. The smallest absolute Gasteiger partial charge is 0.250 e.